The van der Waals surface area contributed by atoms with Crippen molar-refractivity contribution < 1.29 is 14.7 Å². The molecule has 0 spiro atoms. The second-order valence-corrected chi connectivity index (χ2v) is 4.69. The number of carbonyl (C=O) groups is 2. The molecule has 0 unspecified atom stereocenters. The number of primary amides is 1. The minimum Gasteiger partial charge on any atom is -0.384 e. The fourth-order valence-electron chi connectivity index (χ4n) is 1.82. The normalized spacial score (nSPS) is 9.62. The Bertz CT molecular complexity index is 571. The number of aliphatic hydroxyl groups excluding tert-OH is 1. The zero-order valence-corrected chi connectivity index (χ0v) is 12.1. The molecule has 21 heavy (non-hydrogen) atoms. The van der Waals surface area contributed by atoms with Gasteiger partial charge in [0, 0.05) is 18.5 Å². The number of amides is 2. The van der Waals surface area contributed by atoms with Crippen molar-refractivity contribution in [3.05, 3.63) is 34.9 Å². The molecule has 0 aromatic heterocycles. The maximum absolute atomic E-state index is 12.1. The molecule has 0 aliphatic rings. The van der Waals surface area contributed by atoms with Gasteiger partial charge in [-0.05, 0) is 37.5 Å². The van der Waals surface area contributed by atoms with E-state index in [1.807, 2.05) is 19.1 Å². The summed E-state index contributed by atoms with van der Waals surface area (Å²) in [7, 11) is 0. The number of aliphatic hydroxyl groups is 1. The van der Waals surface area contributed by atoms with E-state index in [1.165, 1.54) is 0 Å². The number of nitrogens with two attached hydrogens (primary N) is 1. The summed E-state index contributed by atoms with van der Waals surface area (Å²) in [5, 5.41) is 11.5. The van der Waals surface area contributed by atoms with E-state index in [2.05, 4.69) is 17.2 Å². The summed E-state index contributed by atoms with van der Waals surface area (Å²) in [5.74, 6) is 4.79. The van der Waals surface area contributed by atoms with Crippen LogP contribution in [0.2, 0.25) is 0 Å². The predicted octanol–water partition coefficient (Wildman–Crippen LogP) is 0.724. The number of unbranched alkanes of at least 4 members (excludes halogenated alkanes) is 1. The van der Waals surface area contributed by atoms with Crippen molar-refractivity contribution in [3.63, 3.8) is 0 Å². The van der Waals surface area contributed by atoms with E-state index in [4.69, 9.17) is 10.8 Å². The molecule has 5 nitrogen and oxygen atoms in total. The Kier molecular flexibility index (Phi) is 6.99. The van der Waals surface area contributed by atoms with Gasteiger partial charge in [0.15, 0.2) is 0 Å². The average Bonchev–Trinajstić information content (AvgIpc) is 2.44. The van der Waals surface area contributed by atoms with Crippen LogP contribution in [-0.4, -0.2) is 30.1 Å². The van der Waals surface area contributed by atoms with E-state index in [-0.39, 0.29) is 18.4 Å². The number of aryl methyl sites for hydroxylation is 1. The molecule has 0 heterocycles. The highest BCUT2D eigenvalue weighted by molar-refractivity contribution is 5.96. The first-order chi connectivity index (χ1) is 10.0. The Labute approximate surface area is 124 Å². The van der Waals surface area contributed by atoms with E-state index in [9.17, 15) is 9.59 Å². The van der Waals surface area contributed by atoms with Crippen molar-refractivity contribution in [2.24, 2.45) is 5.73 Å². The van der Waals surface area contributed by atoms with Crippen molar-refractivity contribution in [1.82, 2.24) is 5.32 Å². The second kappa shape index (κ2) is 8.77. The SMILES string of the molecule is Cc1ccc(C(=O)NCCCCC(N)=O)c(C#CCO)c1. The third-order valence-corrected chi connectivity index (χ3v) is 2.86. The van der Waals surface area contributed by atoms with Crippen LogP contribution in [0.3, 0.4) is 0 Å². The van der Waals surface area contributed by atoms with Crippen molar-refractivity contribution in [2.75, 3.05) is 13.2 Å². The molecule has 0 aliphatic heterocycles. The lowest BCUT2D eigenvalue weighted by molar-refractivity contribution is -0.118. The minimum absolute atomic E-state index is 0.212. The fraction of sp³-hybridized carbons (Fsp3) is 0.375. The molecule has 0 saturated heterocycles. The fourth-order valence-corrected chi connectivity index (χ4v) is 1.82. The lowest BCUT2D eigenvalue weighted by Gasteiger charge is -2.07. The molecular weight excluding hydrogens is 268 g/mol. The number of carbonyl (C=O) groups excluding carboxylic acids is 2. The second-order valence-electron chi connectivity index (χ2n) is 4.69. The Balaban J connectivity index is 2.63. The number of nitrogens with one attached hydrogen (secondary N) is 1. The van der Waals surface area contributed by atoms with Crippen molar-refractivity contribution in [3.8, 4) is 11.8 Å². The van der Waals surface area contributed by atoms with Crippen molar-refractivity contribution in [2.45, 2.75) is 26.2 Å². The van der Waals surface area contributed by atoms with Crippen molar-refractivity contribution >= 4 is 11.8 Å². The first-order valence-electron chi connectivity index (χ1n) is 6.81. The highest BCUT2D eigenvalue weighted by Gasteiger charge is 2.09. The molecule has 1 aromatic rings. The summed E-state index contributed by atoms with van der Waals surface area (Å²) < 4.78 is 0. The first kappa shape index (κ1) is 16.7. The topological polar surface area (TPSA) is 92.4 Å². The third kappa shape index (κ3) is 6.11. The van der Waals surface area contributed by atoms with Crippen LogP contribution in [0, 0.1) is 18.8 Å². The molecule has 1 rings (SSSR count). The predicted molar refractivity (Wildman–Crippen MR) is 80.5 cm³/mol. The largest absolute Gasteiger partial charge is 0.384 e. The van der Waals surface area contributed by atoms with Gasteiger partial charge in [-0.2, -0.15) is 0 Å². The Morgan fingerprint density at radius 1 is 1.33 bits per heavy atom. The van der Waals surface area contributed by atoms with Crippen LogP contribution >= 0.6 is 0 Å². The van der Waals surface area contributed by atoms with Gasteiger partial charge in [0.1, 0.15) is 6.61 Å². The summed E-state index contributed by atoms with van der Waals surface area (Å²) in [6, 6.07) is 5.37. The van der Waals surface area contributed by atoms with Gasteiger partial charge in [-0.25, -0.2) is 0 Å². The first-order valence-corrected chi connectivity index (χ1v) is 6.81. The van der Waals surface area contributed by atoms with E-state index in [1.54, 1.807) is 6.07 Å². The van der Waals surface area contributed by atoms with Gasteiger partial charge in [0.05, 0.1) is 5.56 Å². The van der Waals surface area contributed by atoms with E-state index in [0.29, 0.717) is 36.9 Å². The van der Waals surface area contributed by atoms with Gasteiger partial charge in [-0.1, -0.05) is 17.9 Å². The molecule has 2 amide bonds. The van der Waals surface area contributed by atoms with Gasteiger partial charge in [-0.3, -0.25) is 9.59 Å². The highest BCUT2D eigenvalue weighted by Crippen LogP contribution is 2.11. The van der Waals surface area contributed by atoms with Crippen LogP contribution in [0.5, 0.6) is 0 Å². The smallest absolute Gasteiger partial charge is 0.252 e. The van der Waals surface area contributed by atoms with Crippen LogP contribution in [0.4, 0.5) is 0 Å². The molecule has 0 bridgehead atoms. The summed E-state index contributed by atoms with van der Waals surface area (Å²) in [6.45, 7) is 2.14. The molecule has 0 saturated carbocycles. The molecular formula is C16H20N2O3. The number of hydrogen-bond donors (Lipinski definition) is 3. The van der Waals surface area contributed by atoms with Crippen LogP contribution in [0.1, 0.15) is 40.7 Å². The van der Waals surface area contributed by atoms with Gasteiger partial charge >= 0.3 is 0 Å². The number of benzene rings is 1. The molecule has 1 aromatic carbocycles. The summed E-state index contributed by atoms with van der Waals surface area (Å²) in [5.41, 5.74) is 7.12. The van der Waals surface area contributed by atoms with E-state index in [0.717, 1.165) is 5.56 Å². The molecule has 0 atom stereocenters. The zero-order valence-electron chi connectivity index (χ0n) is 12.1. The van der Waals surface area contributed by atoms with Crippen LogP contribution in [0.15, 0.2) is 18.2 Å². The Morgan fingerprint density at radius 2 is 2.10 bits per heavy atom. The molecule has 4 N–H and O–H groups in total. The quantitative estimate of drug-likeness (QED) is 0.532. The van der Waals surface area contributed by atoms with Crippen LogP contribution < -0.4 is 11.1 Å². The molecule has 112 valence electrons. The Morgan fingerprint density at radius 3 is 2.76 bits per heavy atom. The monoisotopic (exact) mass is 288 g/mol. The standard InChI is InChI=1S/C16H20N2O3/c1-12-7-8-14(13(11-12)5-4-10-19)16(21)18-9-3-2-6-15(17)20/h7-8,11,19H,2-3,6,9-10H2,1H3,(H2,17,20)(H,18,21). The molecule has 0 fully saturated rings. The minimum atomic E-state index is -0.332. The van der Waals surface area contributed by atoms with E-state index < -0.39 is 0 Å². The van der Waals surface area contributed by atoms with Crippen LogP contribution in [-0.2, 0) is 4.79 Å². The lowest BCUT2D eigenvalue weighted by atomic mass is 10.0. The summed E-state index contributed by atoms with van der Waals surface area (Å²) in [4.78, 5) is 22.7. The molecule has 5 heteroatoms. The van der Waals surface area contributed by atoms with Gasteiger partial charge in [0.2, 0.25) is 5.91 Å². The Hall–Kier alpha value is -2.32. The average molecular weight is 288 g/mol. The van der Waals surface area contributed by atoms with Crippen molar-refractivity contribution in [1.29, 1.82) is 0 Å². The summed E-state index contributed by atoms with van der Waals surface area (Å²) >= 11 is 0. The number of rotatable bonds is 6. The highest BCUT2D eigenvalue weighted by atomic mass is 16.2. The van der Waals surface area contributed by atoms with Crippen LogP contribution in [0.25, 0.3) is 0 Å². The van der Waals surface area contributed by atoms with Gasteiger partial charge < -0.3 is 16.2 Å². The lowest BCUT2D eigenvalue weighted by Crippen LogP contribution is -2.25. The zero-order chi connectivity index (χ0) is 15.7. The third-order valence-electron chi connectivity index (χ3n) is 2.86. The van der Waals surface area contributed by atoms with Gasteiger partial charge in [-0.15, -0.1) is 0 Å². The van der Waals surface area contributed by atoms with E-state index >= 15 is 0 Å². The summed E-state index contributed by atoms with van der Waals surface area (Å²) in [6.07, 6.45) is 1.67. The maximum atomic E-state index is 12.1. The molecule has 0 aliphatic carbocycles. The van der Waals surface area contributed by atoms with Gasteiger partial charge in [0.25, 0.3) is 5.91 Å². The molecule has 0 radical (unpaired) electrons. The number of hydrogen-bond acceptors (Lipinski definition) is 3. The maximum Gasteiger partial charge on any atom is 0.252 e.